The molecule has 0 aromatic heterocycles. The average Bonchev–Trinajstić information content (AvgIpc) is 2.77. The molecule has 16 heavy (non-hydrogen) atoms. The molecule has 0 heterocycles. The number of amidine groups is 1. The summed E-state index contributed by atoms with van der Waals surface area (Å²) in [7, 11) is 0. The highest BCUT2D eigenvalue weighted by molar-refractivity contribution is 7.99. The Morgan fingerprint density at radius 1 is 1.06 bits per heavy atom. The van der Waals surface area contributed by atoms with Gasteiger partial charge in [-0.3, -0.25) is 4.99 Å². The quantitative estimate of drug-likeness (QED) is 0.607. The first kappa shape index (κ1) is 12.3. The van der Waals surface area contributed by atoms with Crippen LogP contribution in [-0.2, 0) is 0 Å². The summed E-state index contributed by atoms with van der Waals surface area (Å²) in [5, 5.41) is 0.724. The maximum atomic E-state index is 6.19. The van der Waals surface area contributed by atoms with E-state index >= 15 is 0 Å². The SMILES string of the molecule is CSC1CCCC1N=C(N)C1CCCCC1. The second kappa shape index (κ2) is 5.95. The van der Waals surface area contributed by atoms with Crippen molar-refractivity contribution in [3.05, 3.63) is 0 Å². The van der Waals surface area contributed by atoms with Gasteiger partial charge in [0.05, 0.1) is 11.9 Å². The van der Waals surface area contributed by atoms with E-state index in [1.165, 1.54) is 51.4 Å². The number of nitrogens with zero attached hydrogens (tertiary/aromatic N) is 1. The predicted octanol–water partition coefficient (Wildman–Crippen LogP) is 3.21. The summed E-state index contributed by atoms with van der Waals surface area (Å²) in [4.78, 5) is 4.83. The highest BCUT2D eigenvalue weighted by atomic mass is 32.2. The Labute approximate surface area is 103 Å². The highest BCUT2D eigenvalue weighted by Crippen LogP contribution is 2.32. The first-order valence-corrected chi connectivity index (χ1v) is 7.96. The van der Waals surface area contributed by atoms with E-state index in [1.54, 1.807) is 0 Å². The molecular formula is C13H24N2S. The van der Waals surface area contributed by atoms with Crippen molar-refractivity contribution in [3.63, 3.8) is 0 Å². The van der Waals surface area contributed by atoms with Crippen LogP contribution in [0.5, 0.6) is 0 Å². The zero-order valence-corrected chi connectivity index (χ0v) is 11.1. The third kappa shape index (κ3) is 2.93. The van der Waals surface area contributed by atoms with Gasteiger partial charge in [-0.05, 0) is 31.9 Å². The average molecular weight is 240 g/mol. The minimum atomic E-state index is 0.511. The highest BCUT2D eigenvalue weighted by Gasteiger charge is 2.27. The zero-order valence-electron chi connectivity index (χ0n) is 10.3. The van der Waals surface area contributed by atoms with Crippen LogP contribution in [0.2, 0.25) is 0 Å². The van der Waals surface area contributed by atoms with Gasteiger partial charge in [-0.2, -0.15) is 11.8 Å². The molecule has 2 fully saturated rings. The standard InChI is InChI=1S/C13H24N2S/c1-16-12-9-5-8-11(12)15-13(14)10-6-3-2-4-7-10/h10-12H,2-9H2,1H3,(H2,14,15). The summed E-state index contributed by atoms with van der Waals surface area (Å²) in [6.07, 6.45) is 12.7. The summed E-state index contributed by atoms with van der Waals surface area (Å²) in [5.74, 6) is 1.56. The van der Waals surface area contributed by atoms with Crippen molar-refractivity contribution in [2.75, 3.05) is 6.26 Å². The maximum absolute atomic E-state index is 6.19. The van der Waals surface area contributed by atoms with Crippen molar-refractivity contribution >= 4 is 17.6 Å². The predicted molar refractivity (Wildman–Crippen MR) is 73.1 cm³/mol. The number of rotatable bonds is 3. The molecule has 0 spiro atoms. The first-order chi connectivity index (χ1) is 7.81. The maximum Gasteiger partial charge on any atom is 0.0972 e. The van der Waals surface area contributed by atoms with Crippen molar-refractivity contribution < 1.29 is 0 Å². The number of hydrogen-bond donors (Lipinski definition) is 1. The summed E-state index contributed by atoms with van der Waals surface area (Å²) >= 11 is 1.97. The van der Waals surface area contributed by atoms with E-state index in [2.05, 4.69) is 6.26 Å². The van der Waals surface area contributed by atoms with E-state index in [1.807, 2.05) is 11.8 Å². The smallest absolute Gasteiger partial charge is 0.0972 e. The number of nitrogens with two attached hydrogens (primary N) is 1. The Bertz CT molecular complexity index is 246. The molecule has 3 heteroatoms. The lowest BCUT2D eigenvalue weighted by atomic mass is 9.88. The first-order valence-electron chi connectivity index (χ1n) is 6.67. The molecule has 0 bridgehead atoms. The molecule has 0 amide bonds. The van der Waals surface area contributed by atoms with Gasteiger partial charge < -0.3 is 5.73 Å². The van der Waals surface area contributed by atoms with Crippen LogP contribution < -0.4 is 5.73 Å². The summed E-state index contributed by atoms with van der Waals surface area (Å²) in [5.41, 5.74) is 6.19. The van der Waals surface area contributed by atoms with Gasteiger partial charge >= 0.3 is 0 Å². The number of aliphatic imine (C=N–C) groups is 1. The molecule has 0 radical (unpaired) electrons. The van der Waals surface area contributed by atoms with Gasteiger partial charge in [0.2, 0.25) is 0 Å². The third-order valence-electron chi connectivity index (χ3n) is 4.06. The summed E-state index contributed by atoms with van der Waals surface area (Å²) in [6, 6.07) is 0.511. The number of hydrogen-bond acceptors (Lipinski definition) is 2. The molecular weight excluding hydrogens is 216 g/mol. The van der Waals surface area contributed by atoms with Crippen LogP contribution >= 0.6 is 11.8 Å². The van der Waals surface area contributed by atoms with E-state index < -0.39 is 0 Å². The number of thioether (sulfide) groups is 1. The van der Waals surface area contributed by atoms with Crippen molar-refractivity contribution in [1.29, 1.82) is 0 Å². The summed E-state index contributed by atoms with van der Waals surface area (Å²) in [6.45, 7) is 0. The van der Waals surface area contributed by atoms with E-state index in [-0.39, 0.29) is 0 Å². The van der Waals surface area contributed by atoms with Crippen LogP contribution in [0.25, 0.3) is 0 Å². The molecule has 2 nitrogen and oxygen atoms in total. The molecule has 2 unspecified atom stereocenters. The zero-order chi connectivity index (χ0) is 11.4. The Morgan fingerprint density at radius 3 is 2.50 bits per heavy atom. The Morgan fingerprint density at radius 2 is 1.81 bits per heavy atom. The molecule has 2 N–H and O–H groups in total. The summed E-state index contributed by atoms with van der Waals surface area (Å²) < 4.78 is 0. The molecule has 0 saturated heterocycles. The van der Waals surface area contributed by atoms with Gasteiger partial charge in [0, 0.05) is 11.2 Å². The van der Waals surface area contributed by atoms with Gasteiger partial charge in [-0.25, -0.2) is 0 Å². The van der Waals surface area contributed by atoms with E-state index in [4.69, 9.17) is 10.7 Å². The fourth-order valence-corrected chi connectivity index (χ4v) is 3.94. The molecule has 2 rings (SSSR count). The molecule has 2 aliphatic rings. The van der Waals surface area contributed by atoms with Gasteiger partial charge in [0.15, 0.2) is 0 Å². The lowest BCUT2D eigenvalue weighted by Gasteiger charge is -2.23. The Balaban J connectivity index is 1.93. The lowest BCUT2D eigenvalue weighted by Crippen LogP contribution is -2.29. The van der Waals surface area contributed by atoms with Crippen LogP contribution in [0.3, 0.4) is 0 Å². The molecule has 0 aromatic rings. The van der Waals surface area contributed by atoms with Gasteiger partial charge in [0.25, 0.3) is 0 Å². The molecule has 2 aliphatic carbocycles. The van der Waals surface area contributed by atoms with Crippen molar-refractivity contribution in [3.8, 4) is 0 Å². The molecule has 0 aliphatic heterocycles. The van der Waals surface area contributed by atoms with Crippen LogP contribution in [0, 0.1) is 5.92 Å². The fraction of sp³-hybridized carbons (Fsp3) is 0.923. The van der Waals surface area contributed by atoms with Gasteiger partial charge in [-0.1, -0.05) is 25.7 Å². The molecule has 2 saturated carbocycles. The largest absolute Gasteiger partial charge is 0.387 e. The van der Waals surface area contributed by atoms with Gasteiger partial charge in [-0.15, -0.1) is 0 Å². The van der Waals surface area contributed by atoms with E-state index in [0.717, 1.165) is 11.1 Å². The third-order valence-corrected chi connectivity index (χ3v) is 5.21. The second-order valence-electron chi connectivity index (χ2n) is 5.16. The fourth-order valence-electron chi connectivity index (χ4n) is 3.02. The minimum absolute atomic E-state index is 0.511. The van der Waals surface area contributed by atoms with Crippen LogP contribution in [-0.4, -0.2) is 23.4 Å². The van der Waals surface area contributed by atoms with Crippen LogP contribution in [0.4, 0.5) is 0 Å². The van der Waals surface area contributed by atoms with Gasteiger partial charge in [0.1, 0.15) is 0 Å². The van der Waals surface area contributed by atoms with Crippen LogP contribution in [0.15, 0.2) is 4.99 Å². The van der Waals surface area contributed by atoms with E-state index in [9.17, 15) is 0 Å². The normalized spacial score (nSPS) is 33.2. The lowest BCUT2D eigenvalue weighted by molar-refractivity contribution is 0.435. The van der Waals surface area contributed by atoms with Crippen LogP contribution in [0.1, 0.15) is 51.4 Å². The molecule has 2 atom stereocenters. The Hall–Kier alpha value is -0.180. The topological polar surface area (TPSA) is 38.4 Å². The monoisotopic (exact) mass is 240 g/mol. The molecule has 0 aromatic carbocycles. The minimum Gasteiger partial charge on any atom is -0.387 e. The van der Waals surface area contributed by atoms with Crippen molar-refractivity contribution in [2.24, 2.45) is 16.6 Å². The second-order valence-corrected chi connectivity index (χ2v) is 6.24. The van der Waals surface area contributed by atoms with Crippen molar-refractivity contribution in [2.45, 2.75) is 62.7 Å². The molecule has 92 valence electrons. The van der Waals surface area contributed by atoms with E-state index in [0.29, 0.717) is 12.0 Å². The van der Waals surface area contributed by atoms with Crippen molar-refractivity contribution in [1.82, 2.24) is 0 Å². The Kier molecular flexibility index (Phi) is 4.56.